The quantitative estimate of drug-likeness (QED) is 0.699. The van der Waals surface area contributed by atoms with Gasteiger partial charge in [-0.1, -0.05) is 0 Å². The van der Waals surface area contributed by atoms with E-state index in [9.17, 15) is 22.4 Å². The number of hydrogen-bond donors (Lipinski definition) is 0. The minimum absolute atomic E-state index is 0.000642. The Labute approximate surface area is 117 Å². The Kier molecular flexibility index (Phi) is 3.15. The Balaban J connectivity index is 2.03. The van der Waals surface area contributed by atoms with E-state index in [1.54, 1.807) is 0 Å². The number of carbonyl (C=O) groups is 1. The highest BCUT2D eigenvalue weighted by molar-refractivity contribution is 5.85. The lowest BCUT2D eigenvalue weighted by Gasteiger charge is -2.21. The largest absolute Gasteiger partial charge is 0.471 e. The molecule has 3 nitrogen and oxygen atoms in total. The molecule has 7 heteroatoms. The van der Waals surface area contributed by atoms with Gasteiger partial charge < -0.3 is 9.32 Å². The number of aryl methyl sites for hydroxylation is 1. The Bertz CT molecular complexity index is 705. The Morgan fingerprint density at radius 2 is 2.05 bits per heavy atom. The highest BCUT2D eigenvalue weighted by Crippen LogP contribution is 2.32. The summed E-state index contributed by atoms with van der Waals surface area (Å²) in [6, 6.07) is 3.89. The molecule has 2 aromatic rings. The van der Waals surface area contributed by atoms with Crippen LogP contribution < -0.4 is 0 Å². The van der Waals surface area contributed by atoms with Crippen molar-refractivity contribution in [2.24, 2.45) is 0 Å². The van der Waals surface area contributed by atoms with Crippen molar-refractivity contribution in [2.75, 3.05) is 6.54 Å². The van der Waals surface area contributed by atoms with Crippen LogP contribution in [0.3, 0.4) is 0 Å². The van der Waals surface area contributed by atoms with Crippen LogP contribution in [0.5, 0.6) is 0 Å². The van der Waals surface area contributed by atoms with Gasteiger partial charge in [-0.05, 0) is 24.6 Å². The third-order valence-corrected chi connectivity index (χ3v) is 3.55. The van der Waals surface area contributed by atoms with E-state index in [4.69, 9.17) is 4.42 Å². The molecule has 0 unspecified atom stereocenters. The second kappa shape index (κ2) is 4.75. The van der Waals surface area contributed by atoms with Crippen molar-refractivity contribution in [3.8, 4) is 0 Å². The molecule has 2 heterocycles. The van der Waals surface area contributed by atoms with Crippen LogP contribution in [0.2, 0.25) is 0 Å². The summed E-state index contributed by atoms with van der Waals surface area (Å²) in [6.07, 6.45) is -4.11. The highest BCUT2D eigenvalue weighted by atomic mass is 19.4. The molecule has 0 aliphatic carbocycles. The standard InChI is InChI=1S/C14H11F4NO2/c15-8-3-4-12-9(6-8)10-7-19(13(20)14(16,17)18)5-1-2-11(10)21-12/h3-4,6H,1-2,5,7H2. The summed E-state index contributed by atoms with van der Waals surface area (Å²) >= 11 is 0. The first-order chi connectivity index (χ1) is 9.86. The van der Waals surface area contributed by atoms with E-state index < -0.39 is 17.9 Å². The first-order valence-electron chi connectivity index (χ1n) is 6.42. The fourth-order valence-corrected chi connectivity index (χ4v) is 2.60. The summed E-state index contributed by atoms with van der Waals surface area (Å²) < 4.78 is 56.6. The molecule has 1 aliphatic rings. The third-order valence-electron chi connectivity index (χ3n) is 3.55. The molecule has 0 radical (unpaired) electrons. The van der Waals surface area contributed by atoms with Gasteiger partial charge in [-0.25, -0.2) is 4.39 Å². The van der Waals surface area contributed by atoms with Crippen molar-refractivity contribution in [3.05, 3.63) is 35.3 Å². The van der Waals surface area contributed by atoms with Gasteiger partial charge in [0.2, 0.25) is 0 Å². The lowest BCUT2D eigenvalue weighted by atomic mass is 10.1. The van der Waals surface area contributed by atoms with Gasteiger partial charge in [-0.2, -0.15) is 13.2 Å². The number of carbonyl (C=O) groups excluding carboxylic acids is 1. The van der Waals surface area contributed by atoms with Crippen molar-refractivity contribution in [1.82, 2.24) is 4.90 Å². The number of halogens is 4. The molecule has 0 atom stereocenters. The molecule has 1 aromatic carbocycles. The van der Waals surface area contributed by atoms with Crippen LogP contribution in [0.25, 0.3) is 11.0 Å². The molecular formula is C14H11F4NO2. The minimum Gasteiger partial charge on any atom is -0.461 e. The van der Waals surface area contributed by atoms with E-state index in [0.29, 0.717) is 35.1 Å². The maximum absolute atomic E-state index is 13.3. The van der Waals surface area contributed by atoms with Gasteiger partial charge >= 0.3 is 12.1 Å². The van der Waals surface area contributed by atoms with E-state index in [0.717, 1.165) is 4.90 Å². The summed E-state index contributed by atoms with van der Waals surface area (Å²) in [6.45, 7) is -0.219. The lowest BCUT2D eigenvalue weighted by Crippen LogP contribution is -2.40. The maximum atomic E-state index is 13.3. The predicted octanol–water partition coefficient (Wildman–Crippen LogP) is 3.41. The number of fused-ring (bicyclic) bond motifs is 3. The SMILES string of the molecule is O=C(N1CCCc2oc3ccc(F)cc3c2C1)C(F)(F)F. The second-order valence-electron chi connectivity index (χ2n) is 4.97. The molecule has 1 aromatic heterocycles. The average molecular weight is 301 g/mol. The second-order valence-corrected chi connectivity index (χ2v) is 4.97. The smallest absolute Gasteiger partial charge is 0.461 e. The Morgan fingerprint density at radius 1 is 1.29 bits per heavy atom. The molecule has 0 spiro atoms. The Hall–Kier alpha value is -2.05. The summed E-state index contributed by atoms with van der Waals surface area (Å²) in [5.74, 6) is -1.85. The zero-order chi connectivity index (χ0) is 15.2. The van der Waals surface area contributed by atoms with E-state index in [2.05, 4.69) is 0 Å². The van der Waals surface area contributed by atoms with Gasteiger partial charge in [0.05, 0.1) is 6.54 Å². The monoisotopic (exact) mass is 301 g/mol. The van der Waals surface area contributed by atoms with E-state index in [1.165, 1.54) is 18.2 Å². The predicted molar refractivity (Wildman–Crippen MR) is 66.0 cm³/mol. The van der Waals surface area contributed by atoms with Crippen LogP contribution in [0.1, 0.15) is 17.7 Å². The topological polar surface area (TPSA) is 33.5 Å². The van der Waals surface area contributed by atoms with E-state index >= 15 is 0 Å². The van der Waals surface area contributed by atoms with Crippen LogP contribution in [-0.4, -0.2) is 23.5 Å². The lowest BCUT2D eigenvalue weighted by molar-refractivity contribution is -0.186. The molecule has 21 heavy (non-hydrogen) atoms. The van der Waals surface area contributed by atoms with E-state index in [-0.39, 0.29) is 13.1 Å². The number of amides is 1. The molecule has 112 valence electrons. The normalized spacial score (nSPS) is 15.9. The number of nitrogens with zero attached hydrogens (tertiary/aromatic N) is 1. The summed E-state index contributed by atoms with van der Waals surface area (Å²) in [4.78, 5) is 12.1. The van der Waals surface area contributed by atoms with Crippen molar-refractivity contribution in [1.29, 1.82) is 0 Å². The number of furan rings is 1. The van der Waals surface area contributed by atoms with Crippen LogP contribution in [-0.2, 0) is 17.8 Å². The fourth-order valence-electron chi connectivity index (χ4n) is 2.60. The van der Waals surface area contributed by atoms with Crippen molar-refractivity contribution in [3.63, 3.8) is 0 Å². The van der Waals surface area contributed by atoms with Crippen LogP contribution >= 0.6 is 0 Å². The minimum atomic E-state index is -4.91. The molecule has 0 bridgehead atoms. The zero-order valence-corrected chi connectivity index (χ0v) is 10.8. The van der Waals surface area contributed by atoms with Gasteiger partial charge in [-0.3, -0.25) is 4.79 Å². The molecule has 0 N–H and O–H groups in total. The molecule has 1 aliphatic heterocycles. The third kappa shape index (κ3) is 2.48. The fraction of sp³-hybridized carbons (Fsp3) is 0.357. The molecule has 1 amide bonds. The maximum Gasteiger partial charge on any atom is 0.471 e. The van der Waals surface area contributed by atoms with Crippen LogP contribution in [0.4, 0.5) is 17.6 Å². The number of hydrogen-bond acceptors (Lipinski definition) is 2. The summed E-state index contributed by atoms with van der Waals surface area (Å²) in [7, 11) is 0. The first-order valence-corrected chi connectivity index (χ1v) is 6.42. The molecule has 3 rings (SSSR count). The van der Waals surface area contributed by atoms with Gasteiger partial charge in [0, 0.05) is 23.9 Å². The molecule has 0 saturated carbocycles. The summed E-state index contributed by atoms with van der Waals surface area (Å²) in [5, 5.41) is 0.423. The van der Waals surface area contributed by atoms with Gasteiger partial charge in [-0.15, -0.1) is 0 Å². The van der Waals surface area contributed by atoms with Crippen LogP contribution in [0, 0.1) is 5.82 Å². The first kappa shape index (κ1) is 13.9. The van der Waals surface area contributed by atoms with Crippen molar-refractivity contribution >= 4 is 16.9 Å². The number of benzene rings is 1. The number of alkyl halides is 3. The zero-order valence-electron chi connectivity index (χ0n) is 10.8. The molecule has 0 fully saturated rings. The van der Waals surface area contributed by atoms with Crippen molar-refractivity contribution < 1.29 is 26.8 Å². The Morgan fingerprint density at radius 3 is 2.76 bits per heavy atom. The van der Waals surface area contributed by atoms with E-state index in [1.807, 2.05) is 0 Å². The average Bonchev–Trinajstić information content (AvgIpc) is 2.61. The van der Waals surface area contributed by atoms with Gasteiger partial charge in [0.25, 0.3) is 0 Å². The molecular weight excluding hydrogens is 290 g/mol. The molecule has 0 saturated heterocycles. The van der Waals surface area contributed by atoms with Crippen molar-refractivity contribution in [2.45, 2.75) is 25.6 Å². The number of rotatable bonds is 0. The van der Waals surface area contributed by atoms with Gasteiger partial charge in [0.1, 0.15) is 17.2 Å². The highest BCUT2D eigenvalue weighted by Gasteiger charge is 2.43. The summed E-state index contributed by atoms with van der Waals surface area (Å²) in [5.41, 5.74) is 0.877. The van der Waals surface area contributed by atoms with Gasteiger partial charge in [0.15, 0.2) is 0 Å². The van der Waals surface area contributed by atoms with Crippen LogP contribution in [0.15, 0.2) is 22.6 Å².